The first kappa shape index (κ1) is 17.4. The number of nitrogens with one attached hydrogen (secondary N) is 1. The predicted molar refractivity (Wildman–Crippen MR) is 78.8 cm³/mol. The van der Waals surface area contributed by atoms with E-state index in [1.807, 2.05) is 6.92 Å². The van der Waals surface area contributed by atoms with Gasteiger partial charge in [-0.25, -0.2) is 4.39 Å². The van der Waals surface area contributed by atoms with Gasteiger partial charge in [0.2, 0.25) is 0 Å². The first-order valence-corrected chi connectivity index (χ1v) is 6.93. The molecule has 1 amide bonds. The number of rotatable bonds is 9. The van der Waals surface area contributed by atoms with Crippen LogP contribution in [-0.2, 0) is 16.1 Å². The number of ether oxygens (including phenoxy) is 2. The van der Waals surface area contributed by atoms with Crippen LogP contribution in [0, 0.1) is 5.82 Å². The lowest BCUT2D eigenvalue weighted by molar-refractivity contribution is -0.131. The largest absolute Gasteiger partial charge is 0.483 e. The molecular weight excluding hydrogens is 275 g/mol. The summed E-state index contributed by atoms with van der Waals surface area (Å²) in [5.41, 5.74) is 0.679. The van der Waals surface area contributed by atoms with E-state index < -0.39 is 0 Å². The van der Waals surface area contributed by atoms with Crippen LogP contribution in [0.5, 0.6) is 5.75 Å². The average Bonchev–Trinajstić information content (AvgIpc) is 2.49. The highest BCUT2D eigenvalue weighted by atomic mass is 19.1. The minimum Gasteiger partial charge on any atom is -0.483 e. The van der Waals surface area contributed by atoms with E-state index in [9.17, 15) is 9.18 Å². The molecule has 5 nitrogen and oxygen atoms in total. The Kier molecular flexibility index (Phi) is 7.71. The molecule has 1 rings (SSSR count). The number of methoxy groups -OCH3 is 1. The Bertz CT molecular complexity index is 455. The van der Waals surface area contributed by atoms with Gasteiger partial charge in [-0.3, -0.25) is 4.79 Å². The molecule has 1 aromatic rings. The molecule has 0 unspecified atom stereocenters. The molecule has 0 fully saturated rings. The molecule has 0 saturated carbocycles. The number of nitrogens with zero attached hydrogens (tertiary/aromatic N) is 1. The average molecular weight is 298 g/mol. The fourth-order valence-electron chi connectivity index (χ4n) is 1.65. The van der Waals surface area contributed by atoms with E-state index >= 15 is 0 Å². The van der Waals surface area contributed by atoms with Crippen molar-refractivity contribution in [3.63, 3.8) is 0 Å². The summed E-state index contributed by atoms with van der Waals surface area (Å²) in [7, 11) is 3.33. The van der Waals surface area contributed by atoms with E-state index in [0.29, 0.717) is 37.6 Å². The summed E-state index contributed by atoms with van der Waals surface area (Å²) in [6.07, 6.45) is 0. The highest BCUT2D eigenvalue weighted by molar-refractivity contribution is 5.77. The predicted octanol–water partition coefficient (Wildman–Crippen LogP) is 1.42. The van der Waals surface area contributed by atoms with E-state index in [1.165, 1.54) is 12.1 Å². The Labute approximate surface area is 125 Å². The minimum absolute atomic E-state index is 0.0545. The van der Waals surface area contributed by atoms with Gasteiger partial charge in [0.15, 0.2) is 6.61 Å². The highest BCUT2D eigenvalue weighted by Crippen LogP contribution is 2.19. The highest BCUT2D eigenvalue weighted by Gasteiger charge is 2.10. The van der Waals surface area contributed by atoms with Crippen LogP contribution in [0.15, 0.2) is 18.2 Å². The van der Waals surface area contributed by atoms with Crippen molar-refractivity contribution >= 4 is 5.91 Å². The van der Waals surface area contributed by atoms with Crippen molar-refractivity contribution in [3.8, 4) is 5.75 Å². The first-order chi connectivity index (χ1) is 10.1. The summed E-state index contributed by atoms with van der Waals surface area (Å²) in [6, 6.07) is 4.27. The number of carbonyl (C=O) groups is 1. The molecule has 0 bridgehead atoms. The van der Waals surface area contributed by atoms with Crippen LogP contribution >= 0.6 is 0 Å². The number of halogens is 1. The summed E-state index contributed by atoms with van der Waals surface area (Å²) < 4.78 is 23.8. The third-order valence-electron chi connectivity index (χ3n) is 3.07. The van der Waals surface area contributed by atoms with Crippen molar-refractivity contribution in [2.75, 3.05) is 40.5 Å². The monoisotopic (exact) mass is 298 g/mol. The molecule has 0 atom stereocenters. The second kappa shape index (κ2) is 9.31. The van der Waals surface area contributed by atoms with Gasteiger partial charge in [0.1, 0.15) is 11.6 Å². The van der Waals surface area contributed by atoms with Crippen molar-refractivity contribution in [1.82, 2.24) is 10.2 Å². The van der Waals surface area contributed by atoms with Crippen molar-refractivity contribution < 1.29 is 18.7 Å². The first-order valence-electron chi connectivity index (χ1n) is 6.93. The van der Waals surface area contributed by atoms with Gasteiger partial charge < -0.3 is 19.7 Å². The maximum Gasteiger partial charge on any atom is 0.260 e. The number of hydrogen-bond donors (Lipinski definition) is 1. The maximum atomic E-state index is 13.3. The number of carbonyl (C=O) groups excluding carboxylic acids is 1. The fourth-order valence-corrected chi connectivity index (χ4v) is 1.65. The standard InChI is InChI=1S/C15H23FN2O3/c1-4-18(2)15(19)11-21-14-6-5-13(16)9-12(14)10-17-7-8-20-3/h5-6,9,17H,4,7-8,10-11H2,1-3H3. The van der Waals surface area contributed by atoms with Crippen LogP contribution in [0.3, 0.4) is 0 Å². The zero-order chi connectivity index (χ0) is 15.7. The molecule has 0 aliphatic rings. The fraction of sp³-hybridized carbons (Fsp3) is 0.533. The quantitative estimate of drug-likeness (QED) is 0.701. The summed E-state index contributed by atoms with van der Waals surface area (Å²) in [4.78, 5) is 13.3. The molecule has 6 heteroatoms. The van der Waals surface area contributed by atoms with Gasteiger partial charge in [-0.1, -0.05) is 0 Å². The van der Waals surface area contributed by atoms with Crippen LogP contribution in [0.25, 0.3) is 0 Å². The van der Waals surface area contributed by atoms with E-state index in [2.05, 4.69) is 5.32 Å². The van der Waals surface area contributed by atoms with Gasteiger partial charge >= 0.3 is 0 Å². The van der Waals surface area contributed by atoms with E-state index in [0.717, 1.165) is 0 Å². The molecule has 0 radical (unpaired) electrons. The number of amides is 1. The van der Waals surface area contributed by atoms with E-state index in [1.54, 1.807) is 25.1 Å². The zero-order valence-corrected chi connectivity index (χ0v) is 12.8. The normalized spacial score (nSPS) is 10.5. The zero-order valence-electron chi connectivity index (χ0n) is 12.8. The molecule has 1 N–H and O–H groups in total. The Morgan fingerprint density at radius 2 is 2.19 bits per heavy atom. The number of hydrogen-bond acceptors (Lipinski definition) is 4. The molecular formula is C15H23FN2O3. The number of likely N-dealkylation sites (N-methyl/N-ethyl adjacent to an activating group) is 1. The topological polar surface area (TPSA) is 50.8 Å². The van der Waals surface area contributed by atoms with Crippen LogP contribution < -0.4 is 10.1 Å². The molecule has 0 aromatic heterocycles. The molecule has 118 valence electrons. The van der Waals surface area contributed by atoms with Crippen LogP contribution in [0.4, 0.5) is 4.39 Å². The molecule has 1 aromatic carbocycles. The van der Waals surface area contributed by atoms with Crippen molar-refractivity contribution in [2.24, 2.45) is 0 Å². The van der Waals surface area contributed by atoms with Gasteiger partial charge in [-0.15, -0.1) is 0 Å². The van der Waals surface area contributed by atoms with Crippen LogP contribution in [-0.4, -0.2) is 51.3 Å². The van der Waals surface area contributed by atoms with Crippen LogP contribution in [0.1, 0.15) is 12.5 Å². The van der Waals surface area contributed by atoms with Gasteiger partial charge in [0, 0.05) is 39.4 Å². The summed E-state index contributed by atoms with van der Waals surface area (Å²) >= 11 is 0. The number of benzene rings is 1. The third-order valence-corrected chi connectivity index (χ3v) is 3.07. The van der Waals surface area contributed by atoms with E-state index in [4.69, 9.17) is 9.47 Å². The molecule has 0 saturated heterocycles. The SMILES string of the molecule is CCN(C)C(=O)COc1ccc(F)cc1CNCCOC. The Hall–Kier alpha value is -1.66. The summed E-state index contributed by atoms with van der Waals surface area (Å²) in [6.45, 7) is 4.14. The third kappa shape index (κ3) is 6.10. The Morgan fingerprint density at radius 3 is 2.86 bits per heavy atom. The summed E-state index contributed by atoms with van der Waals surface area (Å²) in [5, 5.41) is 3.12. The second-order valence-corrected chi connectivity index (χ2v) is 4.62. The molecule has 21 heavy (non-hydrogen) atoms. The van der Waals surface area contributed by atoms with E-state index in [-0.39, 0.29) is 18.3 Å². The van der Waals surface area contributed by atoms with Gasteiger partial charge in [-0.05, 0) is 25.1 Å². The maximum absolute atomic E-state index is 13.3. The lowest BCUT2D eigenvalue weighted by Gasteiger charge is -2.16. The summed E-state index contributed by atoms with van der Waals surface area (Å²) in [5.74, 6) is 0.0715. The molecule has 0 heterocycles. The van der Waals surface area contributed by atoms with Crippen LogP contribution in [0.2, 0.25) is 0 Å². The lowest BCUT2D eigenvalue weighted by atomic mass is 10.2. The molecule has 0 spiro atoms. The van der Waals surface area contributed by atoms with Crippen molar-refractivity contribution in [2.45, 2.75) is 13.5 Å². The smallest absolute Gasteiger partial charge is 0.260 e. The Morgan fingerprint density at radius 1 is 1.43 bits per heavy atom. The molecule has 0 aliphatic carbocycles. The minimum atomic E-state index is -0.331. The van der Waals surface area contributed by atoms with Crippen molar-refractivity contribution in [3.05, 3.63) is 29.6 Å². The lowest BCUT2D eigenvalue weighted by Crippen LogP contribution is -2.31. The second-order valence-electron chi connectivity index (χ2n) is 4.62. The Balaban J connectivity index is 2.61. The van der Waals surface area contributed by atoms with Gasteiger partial charge in [0.25, 0.3) is 5.91 Å². The van der Waals surface area contributed by atoms with Crippen molar-refractivity contribution in [1.29, 1.82) is 0 Å². The molecule has 0 aliphatic heterocycles. The van der Waals surface area contributed by atoms with Gasteiger partial charge in [0.05, 0.1) is 6.61 Å². The van der Waals surface area contributed by atoms with Gasteiger partial charge in [-0.2, -0.15) is 0 Å².